The monoisotopic (exact) mass is 345 g/mol. The van der Waals surface area contributed by atoms with Crippen LogP contribution < -0.4 is 21.8 Å². The van der Waals surface area contributed by atoms with Gasteiger partial charge in [0.2, 0.25) is 11.9 Å². The first-order valence-corrected chi connectivity index (χ1v) is 7.53. The summed E-state index contributed by atoms with van der Waals surface area (Å²) in [6.45, 7) is 3.64. The number of ether oxygens (including phenoxy) is 1. The predicted molar refractivity (Wildman–Crippen MR) is 93.0 cm³/mol. The van der Waals surface area contributed by atoms with Crippen molar-refractivity contribution < 1.29 is 14.0 Å². The highest BCUT2D eigenvalue weighted by molar-refractivity contribution is 5.95. The van der Waals surface area contributed by atoms with Crippen LogP contribution in [-0.2, 0) is 11.4 Å². The first-order chi connectivity index (χ1) is 11.8. The second-order valence-electron chi connectivity index (χ2n) is 5.96. The van der Waals surface area contributed by atoms with Gasteiger partial charge in [-0.05, 0) is 31.5 Å². The quantitative estimate of drug-likeness (QED) is 0.788. The molecule has 9 heteroatoms. The van der Waals surface area contributed by atoms with E-state index >= 15 is 0 Å². The number of hydrogen-bond acceptors (Lipinski definition) is 9. The van der Waals surface area contributed by atoms with E-state index in [2.05, 4.69) is 9.98 Å². The van der Waals surface area contributed by atoms with Crippen LogP contribution in [0.15, 0.2) is 43.5 Å². The first-order valence-electron chi connectivity index (χ1n) is 7.53. The number of guanidine groups is 2. The molecule has 1 aromatic carbocycles. The SMILES string of the molecule is COc1ccc2c(CON3C(N)=NC(N)=NC3(C)C)cc(=O)oc2c1. The van der Waals surface area contributed by atoms with Crippen molar-refractivity contribution in [2.24, 2.45) is 21.5 Å². The molecule has 0 atom stereocenters. The van der Waals surface area contributed by atoms with E-state index in [0.717, 1.165) is 5.39 Å². The van der Waals surface area contributed by atoms with Crippen molar-refractivity contribution >= 4 is 22.9 Å². The van der Waals surface area contributed by atoms with Gasteiger partial charge in [-0.3, -0.25) is 4.84 Å². The number of fused-ring (bicyclic) bond motifs is 1. The maximum atomic E-state index is 11.8. The van der Waals surface area contributed by atoms with Crippen molar-refractivity contribution in [3.63, 3.8) is 0 Å². The molecule has 132 valence electrons. The highest BCUT2D eigenvalue weighted by Crippen LogP contribution is 2.25. The summed E-state index contributed by atoms with van der Waals surface area (Å²) in [5.74, 6) is 0.763. The minimum atomic E-state index is -0.825. The van der Waals surface area contributed by atoms with Crippen LogP contribution in [0.4, 0.5) is 0 Å². The largest absolute Gasteiger partial charge is 0.497 e. The number of rotatable bonds is 4. The number of benzene rings is 1. The zero-order chi connectivity index (χ0) is 18.2. The lowest BCUT2D eigenvalue weighted by molar-refractivity contribution is -0.166. The van der Waals surface area contributed by atoms with Gasteiger partial charge in [-0.1, -0.05) is 0 Å². The van der Waals surface area contributed by atoms with Gasteiger partial charge in [-0.2, -0.15) is 10.1 Å². The van der Waals surface area contributed by atoms with Crippen molar-refractivity contribution in [2.45, 2.75) is 26.1 Å². The van der Waals surface area contributed by atoms with Gasteiger partial charge in [0.1, 0.15) is 17.9 Å². The molecule has 2 heterocycles. The van der Waals surface area contributed by atoms with Gasteiger partial charge < -0.3 is 20.6 Å². The fourth-order valence-electron chi connectivity index (χ4n) is 2.61. The molecule has 4 N–H and O–H groups in total. The van der Waals surface area contributed by atoms with E-state index < -0.39 is 11.3 Å². The molecule has 0 unspecified atom stereocenters. The molecule has 0 fully saturated rings. The Hall–Kier alpha value is -3.07. The molecule has 0 radical (unpaired) electrons. The van der Waals surface area contributed by atoms with E-state index in [4.69, 9.17) is 25.5 Å². The summed E-state index contributed by atoms with van der Waals surface area (Å²) in [4.78, 5) is 25.7. The molecule has 2 aromatic rings. The standard InChI is InChI=1S/C16H19N5O4/c1-16(2)20-14(17)19-15(18)21(16)24-8-9-6-13(22)25-12-7-10(23-3)4-5-11(9)12/h4-7H,8H2,1-3H3,(H4,17,18,19,20). The Kier molecular flexibility index (Phi) is 4.09. The normalized spacial score (nSPS) is 16.5. The summed E-state index contributed by atoms with van der Waals surface area (Å²) < 4.78 is 10.4. The smallest absolute Gasteiger partial charge is 0.336 e. The number of nitrogens with zero attached hydrogens (tertiary/aromatic N) is 3. The zero-order valence-electron chi connectivity index (χ0n) is 14.1. The molecule has 3 rings (SSSR count). The minimum Gasteiger partial charge on any atom is -0.497 e. The maximum Gasteiger partial charge on any atom is 0.336 e. The molecular weight excluding hydrogens is 326 g/mol. The molecule has 9 nitrogen and oxygen atoms in total. The van der Waals surface area contributed by atoms with Gasteiger partial charge >= 0.3 is 5.63 Å². The molecule has 0 bridgehead atoms. The van der Waals surface area contributed by atoms with Crippen LogP contribution in [0.25, 0.3) is 11.0 Å². The molecule has 0 saturated carbocycles. The lowest BCUT2D eigenvalue weighted by Crippen LogP contribution is -2.53. The fourth-order valence-corrected chi connectivity index (χ4v) is 2.61. The van der Waals surface area contributed by atoms with Crippen LogP contribution >= 0.6 is 0 Å². The third-order valence-electron chi connectivity index (χ3n) is 3.71. The summed E-state index contributed by atoms with van der Waals surface area (Å²) in [7, 11) is 1.54. The number of hydrogen-bond donors (Lipinski definition) is 2. The van der Waals surface area contributed by atoms with Gasteiger partial charge in [0.25, 0.3) is 0 Å². The van der Waals surface area contributed by atoms with E-state index in [1.165, 1.54) is 11.1 Å². The van der Waals surface area contributed by atoms with Crippen LogP contribution in [0.5, 0.6) is 5.75 Å². The highest BCUT2D eigenvalue weighted by atomic mass is 16.7. The molecule has 1 aliphatic heterocycles. The van der Waals surface area contributed by atoms with E-state index in [9.17, 15) is 4.79 Å². The Morgan fingerprint density at radius 2 is 2.04 bits per heavy atom. The maximum absolute atomic E-state index is 11.8. The lowest BCUT2D eigenvalue weighted by Gasteiger charge is -2.36. The molecule has 0 aliphatic carbocycles. The average molecular weight is 345 g/mol. The van der Waals surface area contributed by atoms with Crippen LogP contribution in [0.2, 0.25) is 0 Å². The molecule has 1 aromatic heterocycles. The second kappa shape index (κ2) is 6.10. The molecule has 0 saturated heterocycles. The van der Waals surface area contributed by atoms with Crippen molar-refractivity contribution in [1.82, 2.24) is 5.06 Å². The average Bonchev–Trinajstić information content (AvgIpc) is 2.52. The third-order valence-corrected chi connectivity index (χ3v) is 3.71. The molecular formula is C16H19N5O4. The first kappa shape index (κ1) is 16.8. The van der Waals surface area contributed by atoms with Crippen molar-refractivity contribution in [3.8, 4) is 5.75 Å². The van der Waals surface area contributed by atoms with Gasteiger partial charge in [-0.25, -0.2) is 9.79 Å². The summed E-state index contributed by atoms with van der Waals surface area (Å²) in [5, 5.41) is 2.08. The summed E-state index contributed by atoms with van der Waals surface area (Å²) in [6.07, 6.45) is 0. The van der Waals surface area contributed by atoms with E-state index in [1.54, 1.807) is 39.2 Å². The lowest BCUT2D eigenvalue weighted by atomic mass is 10.1. The Bertz CT molecular complexity index is 932. The molecule has 1 aliphatic rings. The van der Waals surface area contributed by atoms with Crippen molar-refractivity contribution in [2.75, 3.05) is 7.11 Å². The molecule has 0 spiro atoms. The Labute approximate surface area is 143 Å². The van der Waals surface area contributed by atoms with Crippen molar-refractivity contribution in [3.05, 3.63) is 40.2 Å². The Balaban J connectivity index is 1.91. The van der Waals surface area contributed by atoms with Crippen LogP contribution in [-0.4, -0.2) is 29.8 Å². The van der Waals surface area contributed by atoms with Crippen molar-refractivity contribution in [1.29, 1.82) is 0 Å². The summed E-state index contributed by atoms with van der Waals surface area (Å²) in [6, 6.07) is 6.59. The van der Waals surface area contributed by atoms with Crippen LogP contribution in [0, 0.1) is 0 Å². The van der Waals surface area contributed by atoms with E-state index in [0.29, 0.717) is 16.9 Å². The number of nitrogens with two attached hydrogens (primary N) is 2. The summed E-state index contributed by atoms with van der Waals surface area (Å²) in [5.41, 5.74) is 11.2. The number of aliphatic imine (C=N–C) groups is 2. The Morgan fingerprint density at radius 1 is 1.28 bits per heavy atom. The van der Waals surface area contributed by atoms with E-state index in [-0.39, 0.29) is 18.5 Å². The second-order valence-corrected chi connectivity index (χ2v) is 5.96. The number of hydroxylamine groups is 2. The van der Waals surface area contributed by atoms with Gasteiger partial charge in [0, 0.05) is 17.5 Å². The minimum absolute atomic E-state index is 0.0729. The van der Waals surface area contributed by atoms with Crippen LogP contribution in [0.1, 0.15) is 19.4 Å². The highest BCUT2D eigenvalue weighted by Gasteiger charge is 2.33. The third kappa shape index (κ3) is 3.26. The van der Waals surface area contributed by atoms with Gasteiger partial charge in [-0.15, -0.1) is 0 Å². The predicted octanol–water partition coefficient (Wildman–Crippen LogP) is 0.914. The number of methoxy groups -OCH3 is 1. The Morgan fingerprint density at radius 3 is 2.72 bits per heavy atom. The van der Waals surface area contributed by atoms with E-state index in [1.807, 2.05) is 0 Å². The van der Waals surface area contributed by atoms with Crippen LogP contribution in [0.3, 0.4) is 0 Å². The molecule has 0 amide bonds. The summed E-state index contributed by atoms with van der Waals surface area (Å²) >= 11 is 0. The topological polar surface area (TPSA) is 129 Å². The molecule has 25 heavy (non-hydrogen) atoms. The zero-order valence-corrected chi connectivity index (χ0v) is 14.1. The van der Waals surface area contributed by atoms with Gasteiger partial charge in [0.15, 0.2) is 5.66 Å². The van der Waals surface area contributed by atoms with Gasteiger partial charge in [0.05, 0.1) is 7.11 Å². The fraction of sp³-hybridized carbons (Fsp3) is 0.312.